The van der Waals surface area contributed by atoms with Crippen molar-refractivity contribution < 1.29 is 18.0 Å². The van der Waals surface area contributed by atoms with Crippen molar-refractivity contribution in [1.29, 1.82) is 0 Å². The van der Waals surface area contributed by atoms with Crippen molar-refractivity contribution in [2.75, 3.05) is 0 Å². The number of hydrogen-bond donors (Lipinski definition) is 0. The molecule has 1 aliphatic heterocycles. The Bertz CT molecular complexity index is 4290. The Morgan fingerprint density at radius 2 is 0.794 bits per heavy atom. The molecule has 2 atom stereocenters. The van der Waals surface area contributed by atoms with Crippen LogP contribution in [0.5, 0.6) is 5.75 Å². The molecular formula is C64H42O4. The molecular weight excluding hydrogens is 833 g/mol. The van der Waals surface area contributed by atoms with Crippen LogP contribution >= 0.6 is 0 Å². The van der Waals surface area contributed by atoms with Crippen LogP contribution in [0.3, 0.4) is 0 Å². The minimum Gasteiger partial charge on any atom is -0.484 e. The first-order valence-electron chi connectivity index (χ1n) is 23.6. The SMILES string of the molecule is C1=CC2Oc3c(-c4c5cc(-c6ccc7oc8ccccc8c7c6)ccc5c(-c5cccc6c5oc5ccccc56)c5cc(-c6ccc7oc8ccccc8c7c6)ccc45)cccc3C2C=C1.CC. The second-order valence-electron chi connectivity index (χ2n) is 17.8. The summed E-state index contributed by atoms with van der Waals surface area (Å²) in [6.45, 7) is 4.00. The molecule has 2 unspecified atom stereocenters. The quantitative estimate of drug-likeness (QED) is 0.165. The first kappa shape index (κ1) is 38.6. The summed E-state index contributed by atoms with van der Waals surface area (Å²) in [6, 6.07) is 65.3. The summed E-state index contributed by atoms with van der Waals surface area (Å²) in [4.78, 5) is 0. The maximum absolute atomic E-state index is 6.98. The maximum Gasteiger partial charge on any atom is 0.143 e. The first-order chi connectivity index (χ1) is 33.7. The Kier molecular flexibility index (Phi) is 8.50. The molecule has 0 radical (unpaired) electrons. The van der Waals surface area contributed by atoms with Gasteiger partial charge >= 0.3 is 0 Å². The number of para-hydroxylation sites is 5. The molecule has 0 saturated heterocycles. The smallest absolute Gasteiger partial charge is 0.143 e. The lowest BCUT2D eigenvalue weighted by Gasteiger charge is -2.21. The monoisotopic (exact) mass is 874 g/mol. The molecule has 0 bridgehead atoms. The second kappa shape index (κ2) is 15.0. The minimum absolute atomic E-state index is 0.0544. The Morgan fingerprint density at radius 3 is 1.41 bits per heavy atom. The van der Waals surface area contributed by atoms with E-state index in [9.17, 15) is 0 Å². The second-order valence-corrected chi connectivity index (χ2v) is 17.8. The molecule has 4 nitrogen and oxygen atoms in total. The van der Waals surface area contributed by atoms with Gasteiger partial charge in [-0.05, 0) is 104 Å². The third-order valence-corrected chi connectivity index (χ3v) is 14.2. The van der Waals surface area contributed by atoms with E-state index in [1.807, 2.05) is 44.2 Å². The molecule has 0 fully saturated rings. The topological polar surface area (TPSA) is 48.7 Å². The molecule has 1 aliphatic carbocycles. The van der Waals surface area contributed by atoms with E-state index in [2.05, 4.69) is 176 Å². The fourth-order valence-corrected chi connectivity index (χ4v) is 11.2. The lowest BCUT2D eigenvalue weighted by molar-refractivity contribution is 0.270. The Balaban J connectivity index is 0.00000216. The van der Waals surface area contributed by atoms with Crippen LogP contribution in [0, 0.1) is 0 Å². The molecule has 13 aromatic rings. The summed E-state index contributed by atoms with van der Waals surface area (Å²) in [6.07, 6.45) is 8.64. The van der Waals surface area contributed by atoms with Crippen molar-refractivity contribution in [2.24, 2.45) is 0 Å². The average Bonchev–Trinajstić information content (AvgIpc) is 4.18. The molecule has 0 amide bonds. The van der Waals surface area contributed by atoms with Crippen LogP contribution in [0.2, 0.25) is 0 Å². The van der Waals surface area contributed by atoms with E-state index in [0.29, 0.717) is 0 Å². The summed E-state index contributed by atoms with van der Waals surface area (Å²) in [5.41, 5.74) is 15.4. The van der Waals surface area contributed by atoms with E-state index in [1.165, 1.54) is 5.56 Å². The minimum atomic E-state index is -0.0544. The van der Waals surface area contributed by atoms with Gasteiger partial charge in [0.05, 0.1) is 0 Å². The molecule has 322 valence electrons. The van der Waals surface area contributed by atoms with Crippen molar-refractivity contribution in [2.45, 2.75) is 25.9 Å². The summed E-state index contributed by atoms with van der Waals surface area (Å²) < 4.78 is 26.4. The summed E-state index contributed by atoms with van der Waals surface area (Å²) in [5, 5.41) is 11.2. The number of allylic oxidation sites excluding steroid dienone is 2. The Morgan fingerprint density at radius 1 is 0.338 bits per heavy atom. The number of rotatable bonds is 4. The van der Waals surface area contributed by atoms with Gasteiger partial charge in [0, 0.05) is 66.1 Å². The van der Waals surface area contributed by atoms with Crippen molar-refractivity contribution in [1.82, 2.24) is 0 Å². The van der Waals surface area contributed by atoms with E-state index in [0.717, 1.165) is 138 Å². The lowest BCUT2D eigenvalue weighted by atomic mass is 9.82. The molecule has 4 heterocycles. The highest BCUT2D eigenvalue weighted by Crippen LogP contribution is 2.53. The summed E-state index contributed by atoms with van der Waals surface area (Å²) in [5.74, 6) is 1.09. The zero-order valence-corrected chi connectivity index (χ0v) is 37.4. The molecule has 68 heavy (non-hydrogen) atoms. The number of ether oxygens (including phenoxy) is 1. The summed E-state index contributed by atoms with van der Waals surface area (Å²) >= 11 is 0. The number of fused-ring (bicyclic) bond motifs is 14. The van der Waals surface area contributed by atoms with E-state index in [4.69, 9.17) is 18.0 Å². The van der Waals surface area contributed by atoms with Gasteiger partial charge in [0.15, 0.2) is 0 Å². The van der Waals surface area contributed by atoms with E-state index in [1.54, 1.807) is 0 Å². The molecule has 2 aliphatic rings. The summed E-state index contributed by atoms with van der Waals surface area (Å²) in [7, 11) is 0. The Labute approximate surface area is 391 Å². The van der Waals surface area contributed by atoms with Crippen molar-refractivity contribution in [3.05, 3.63) is 212 Å². The third kappa shape index (κ3) is 5.67. The van der Waals surface area contributed by atoms with Gasteiger partial charge in [-0.2, -0.15) is 0 Å². The van der Waals surface area contributed by atoms with Crippen molar-refractivity contribution in [3.63, 3.8) is 0 Å². The van der Waals surface area contributed by atoms with Crippen molar-refractivity contribution >= 4 is 87.4 Å². The van der Waals surface area contributed by atoms with E-state index in [-0.39, 0.29) is 12.0 Å². The van der Waals surface area contributed by atoms with Crippen LogP contribution in [0.4, 0.5) is 0 Å². The zero-order valence-electron chi connectivity index (χ0n) is 37.4. The van der Waals surface area contributed by atoms with Crippen LogP contribution in [0.15, 0.2) is 220 Å². The molecule has 15 rings (SSSR count). The molecule has 0 spiro atoms. The average molecular weight is 875 g/mol. The zero-order chi connectivity index (χ0) is 45.0. The van der Waals surface area contributed by atoms with Crippen LogP contribution in [0.1, 0.15) is 25.3 Å². The van der Waals surface area contributed by atoms with Crippen LogP contribution in [-0.4, -0.2) is 6.10 Å². The molecule has 3 aromatic heterocycles. The fourth-order valence-electron chi connectivity index (χ4n) is 11.2. The van der Waals surface area contributed by atoms with Gasteiger partial charge in [0.25, 0.3) is 0 Å². The number of benzene rings is 10. The Hall–Kier alpha value is -8.60. The van der Waals surface area contributed by atoms with Gasteiger partial charge < -0.3 is 18.0 Å². The number of furan rings is 3. The van der Waals surface area contributed by atoms with Gasteiger partial charge in [0.1, 0.15) is 45.4 Å². The predicted octanol–water partition coefficient (Wildman–Crippen LogP) is 18.4. The fraction of sp³-hybridized carbons (Fsp3) is 0.0625. The van der Waals surface area contributed by atoms with Crippen LogP contribution < -0.4 is 4.74 Å². The van der Waals surface area contributed by atoms with Crippen LogP contribution in [-0.2, 0) is 0 Å². The van der Waals surface area contributed by atoms with Gasteiger partial charge in [-0.15, -0.1) is 0 Å². The van der Waals surface area contributed by atoms with Crippen LogP contribution in [0.25, 0.3) is 132 Å². The van der Waals surface area contributed by atoms with Gasteiger partial charge in [-0.25, -0.2) is 0 Å². The largest absolute Gasteiger partial charge is 0.484 e. The van der Waals surface area contributed by atoms with Gasteiger partial charge in [-0.1, -0.05) is 159 Å². The standard InChI is InChI=1S/C62H36O4.C2H6/c1-7-21-55-39(11-1)45-15-9-17-47(61(45)65-55)59-43-27-23-36(38-26-30-58-50(32-38)42-14-4-6-20-54(42)64-58)34-52(43)60(48-18-10-16-46-40-12-2-8-22-56(40)66-62(46)48)44-28-24-35(33-51(44)59)37-25-29-57-49(31-37)41-13-3-5-19-53(41)63-57;1-2/h1-34,39,55H;1-2H3. The third-order valence-electron chi connectivity index (χ3n) is 14.2. The van der Waals surface area contributed by atoms with E-state index < -0.39 is 0 Å². The molecule has 4 heteroatoms. The maximum atomic E-state index is 6.98. The van der Waals surface area contributed by atoms with E-state index >= 15 is 0 Å². The highest BCUT2D eigenvalue weighted by atomic mass is 16.5. The van der Waals surface area contributed by atoms with Gasteiger partial charge in [0.2, 0.25) is 0 Å². The molecule has 0 N–H and O–H groups in total. The first-order valence-corrected chi connectivity index (χ1v) is 23.6. The van der Waals surface area contributed by atoms with Gasteiger partial charge in [-0.3, -0.25) is 0 Å². The normalized spacial score (nSPS) is 15.2. The lowest BCUT2D eigenvalue weighted by Crippen LogP contribution is -2.15. The number of hydrogen-bond acceptors (Lipinski definition) is 4. The molecule has 0 saturated carbocycles. The van der Waals surface area contributed by atoms with Crippen molar-refractivity contribution in [3.8, 4) is 50.3 Å². The highest BCUT2D eigenvalue weighted by Gasteiger charge is 2.35. The predicted molar refractivity (Wildman–Crippen MR) is 282 cm³/mol. The highest BCUT2D eigenvalue weighted by molar-refractivity contribution is 6.26. The molecule has 10 aromatic carbocycles.